The molecule has 1 heterocycles. The molecule has 2 rings (SSSR count). The van der Waals surface area contributed by atoms with Crippen molar-refractivity contribution in [3.63, 3.8) is 0 Å². The second-order valence-electron chi connectivity index (χ2n) is 4.14. The lowest BCUT2D eigenvalue weighted by Crippen LogP contribution is -2.05. The number of nitrogens with one attached hydrogen (secondary N) is 1. The van der Waals surface area contributed by atoms with Crippen molar-refractivity contribution in [3.05, 3.63) is 52.4 Å². The Kier molecular flexibility index (Phi) is 4.44. The van der Waals surface area contributed by atoms with Crippen LogP contribution in [0.4, 0.5) is 5.69 Å². The maximum Gasteiger partial charge on any atom is 0.169 e. The minimum atomic E-state index is 0.120. The predicted molar refractivity (Wildman–Crippen MR) is 75.6 cm³/mol. The van der Waals surface area contributed by atoms with E-state index in [1.807, 2.05) is 30.3 Å². The lowest BCUT2D eigenvalue weighted by Gasteiger charge is -2.13. The topological polar surface area (TPSA) is 34.4 Å². The van der Waals surface area contributed by atoms with Crippen molar-refractivity contribution in [3.8, 4) is 0 Å². The summed E-state index contributed by atoms with van der Waals surface area (Å²) in [5.74, 6) is 0.902. The van der Waals surface area contributed by atoms with Crippen LogP contribution in [0.3, 0.4) is 0 Å². The summed E-state index contributed by atoms with van der Waals surface area (Å²) in [7, 11) is 1.70. The molecule has 1 N–H and O–H groups in total. The molecule has 18 heavy (non-hydrogen) atoms. The predicted octanol–water partition coefficient (Wildman–Crippen LogP) is 4.36. The third-order valence-corrected chi connectivity index (χ3v) is 3.07. The molecule has 0 saturated carbocycles. The van der Waals surface area contributed by atoms with Gasteiger partial charge in [-0.1, -0.05) is 12.1 Å². The van der Waals surface area contributed by atoms with Crippen LogP contribution in [0, 0.1) is 0 Å². The van der Waals surface area contributed by atoms with Gasteiger partial charge in [-0.15, -0.1) is 0 Å². The fourth-order valence-electron chi connectivity index (χ4n) is 1.80. The van der Waals surface area contributed by atoms with Crippen LogP contribution in [0.2, 0.25) is 0 Å². The summed E-state index contributed by atoms with van der Waals surface area (Å²) < 4.78 is 11.4. The van der Waals surface area contributed by atoms with Gasteiger partial charge in [0, 0.05) is 12.8 Å². The second kappa shape index (κ2) is 6.07. The van der Waals surface area contributed by atoms with Gasteiger partial charge in [0.25, 0.3) is 0 Å². The zero-order valence-electron chi connectivity index (χ0n) is 10.4. The monoisotopic (exact) mass is 309 g/mol. The van der Waals surface area contributed by atoms with Crippen molar-refractivity contribution >= 4 is 21.6 Å². The molecule has 1 unspecified atom stereocenters. The molecule has 0 spiro atoms. The van der Waals surface area contributed by atoms with Gasteiger partial charge in [-0.25, -0.2) is 0 Å². The van der Waals surface area contributed by atoms with Gasteiger partial charge in [-0.2, -0.15) is 0 Å². The first-order valence-corrected chi connectivity index (χ1v) is 6.58. The van der Waals surface area contributed by atoms with E-state index in [0.29, 0.717) is 6.61 Å². The number of methoxy groups -OCH3 is 1. The molecule has 4 heteroatoms. The Hall–Kier alpha value is -1.26. The third kappa shape index (κ3) is 3.37. The Balaban J connectivity index is 2.06. The molecule has 0 radical (unpaired) electrons. The molecule has 1 aromatic heterocycles. The Bertz CT molecular complexity index is 510. The highest BCUT2D eigenvalue weighted by atomic mass is 79.9. The van der Waals surface area contributed by atoms with Crippen molar-refractivity contribution in [1.82, 2.24) is 0 Å². The Morgan fingerprint density at radius 3 is 2.83 bits per heavy atom. The standard InChI is InChI=1S/C14H16BrNO2/c1-10(13-6-7-14(15)18-13)16-12-5-3-4-11(8-12)9-17-2/h3-8,10,16H,9H2,1-2H3. The lowest BCUT2D eigenvalue weighted by molar-refractivity contribution is 0.185. The Morgan fingerprint density at radius 2 is 2.17 bits per heavy atom. The van der Waals surface area contributed by atoms with Gasteiger partial charge in [0.05, 0.1) is 12.6 Å². The van der Waals surface area contributed by atoms with Crippen LogP contribution in [0.25, 0.3) is 0 Å². The SMILES string of the molecule is COCc1cccc(NC(C)c2ccc(Br)o2)c1. The lowest BCUT2D eigenvalue weighted by atomic mass is 10.2. The van der Waals surface area contributed by atoms with Gasteiger partial charge in [-0.05, 0) is 52.7 Å². The van der Waals surface area contributed by atoms with E-state index in [4.69, 9.17) is 9.15 Å². The van der Waals surface area contributed by atoms with Crippen molar-refractivity contribution in [2.75, 3.05) is 12.4 Å². The number of anilines is 1. The van der Waals surface area contributed by atoms with Crippen molar-refractivity contribution in [2.45, 2.75) is 19.6 Å². The number of furan rings is 1. The fourth-order valence-corrected chi connectivity index (χ4v) is 2.12. The molecular weight excluding hydrogens is 294 g/mol. The number of halogens is 1. The Morgan fingerprint density at radius 1 is 1.33 bits per heavy atom. The highest BCUT2D eigenvalue weighted by Gasteiger charge is 2.09. The molecule has 0 aliphatic heterocycles. The van der Waals surface area contributed by atoms with E-state index in [1.165, 1.54) is 0 Å². The number of benzene rings is 1. The molecule has 0 saturated heterocycles. The molecule has 2 aromatic rings. The van der Waals surface area contributed by atoms with E-state index in [0.717, 1.165) is 21.7 Å². The largest absolute Gasteiger partial charge is 0.452 e. The summed E-state index contributed by atoms with van der Waals surface area (Å²) in [4.78, 5) is 0. The minimum Gasteiger partial charge on any atom is -0.452 e. The minimum absolute atomic E-state index is 0.120. The van der Waals surface area contributed by atoms with Crippen molar-refractivity contribution < 1.29 is 9.15 Å². The van der Waals surface area contributed by atoms with Gasteiger partial charge < -0.3 is 14.5 Å². The van der Waals surface area contributed by atoms with Crippen LogP contribution < -0.4 is 5.32 Å². The van der Waals surface area contributed by atoms with Crippen LogP contribution in [-0.4, -0.2) is 7.11 Å². The second-order valence-corrected chi connectivity index (χ2v) is 4.92. The van der Waals surface area contributed by atoms with E-state index in [-0.39, 0.29) is 6.04 Å². The quantitative estimate of drug-likeness (QED) is 0.891. The zero-order valence-corrected chi connectivity index (χ0v) is 12.0. The molecule has 0 fully saturated rings. The molecule has 0 aliphatic rings. The first-order valence-electron chi connectivity index (χ1n) is 5.78. The molecule has 0 amide bonds. The number of ether oxygens (including phenoxy) is 1. The zero-order chi connectivity index (χ0) is 13.0. The van der Waals surface area contributed by atoms with E-state index >= 15 is 0 Å². The van der Waals surface area contributed by atoms with Gasteiger partial charge in [0.2, 0.25) is 0 Å². The van der Waals surface area contributed by atoms with Crippen LogP contribution in [-0.2, 0) is 11.3 Å². The summed E-state index contributed by atoms with van der Waals surface area (Å²) >= 11 is 3.31. The van der Waals surface area contributed by atoms with Crippen LogP contribution in [0.5, 0.6) is 0 Å². The van der Waals surface area contributed by atoms with Crippen LogP contribution in [0.1, 0.15) is 24.3 Å². The van der Waals surface area contributed by atoms with Gasteiger partial charge in [0.15, 0.2) is 4.67 Å². The van der Waals surface area contributed by atoms with Gasteiger partial charge >= 0.3 is 0 Å². The third-order valence-electron chi connectivity index (χ3n) is 2.64. The van der Waals surface area contributed by atoms with Gasteiger partial charge in [0.1, 0.15) is 5.76 Å². The average Bonchev–Trinajstić information content (AvgIpc) is 2.77. The van der Waals surface area contributed by atoms with Crippen molar-refractivity contribution in [1.29, 1.82) is 0 Å². The molecule has 1 aromatic carbocycles. The molecule has 1 atom stereocenters. The average molecular weight is 310 g/mol. The number of rotatable bonds is 5. The highest BCUT2D eigenvalue weighted by Crippen LogP contribution is 2.24. The van der Waals surface area contributed by atoms with Crippen molar-refractivity contribution in [2.24, 2.45) is 0 Å². The number of hydrogen-bond acceptors (Lipinski definition) is 3. The summed E-state index contributed by atoms with van der Waals surface area (Å²) in [5, 5.41) is 3.40. The van der Waals surface area contributed by atoms with Gasteiger partial charge in [-0.3, -0.25) is 0 Å². The van der Waals surface area contributed by atoms with E-state index in [2.05, 4.69) is 34.2 Å². The molecular formula is C14H16BrNO2. The molecule has 0 bridgehead atoms. The maximum atomic E-state index is 5.52. The first kappa shape index (κ1) is 13.2. The number of hydrogen-bond donors (Lipinski definition) is 1. The van der Waals surface area contributed by atoms with Crippen LogP contribution in [0.15, 0.2) is 45.5 Å². The molecule has 3 nitrogen and oxygen atoms in total. The highest BCUT2D eigenvalue weighted by molar-refractivity contribution is 9.10. The fraction of sp³-hybridized carbons (Fsp3) is 0.286. The summed E-state index contributed by atoms with van der Waals surface area (Å²) in [6.07, 6.45) is 0. The van der Waals surface area contributed by atoms with E-state index in [9.17, 15) is 0 Å². The maximum absolute atomic E-state index is 5.52. The summed E-state index contributed by atoms with van der Waals surface area (Å²) in [6.45, 7) is 2.68. The summed E-state index contributed by atoms with van der Waals surface area (Å²) in [5.41, 5.74) is 2.21. The molecule has 96 valence electrons. The Labute approximate surface area is 115 Å². The smallest absolute Gasteiger partial charge is 0.169 e. The van der Waals surface area contributed by atoms with E-state index in [1.54, 1.807) is 7.11 Å². The van der Waals surface area contributed by atoms with E-state index < -0.39 is 0 Å². The normalized spacial score (nSPS) is 12.4. The molecule has 0 aliphatic carbocycles. The van der Waals surface area contributed by atoms with Crippen LogP contribution >= 0.6 is 15.9 Å². The summed E-state index contributed by atoms with van der Waals surface area (Å²) in [6, 6.07) is 12.2. The first-order chi connectivity index (χ1) is 8.69.